The summed E-state index contributed by atoms with van der Waals surface area (Å²) < 4.78 is 0. The third-order valence-electron chi connectivity index (χ3n) is 3.03. The predicted molar refractivity (Wildman–Crippen MR) is 88.9 cm³/mol. The number of hydrogen-bond acceptors (Lipinski definition) is 7. The van der Waals surface area contributed by atoms with Crippen LogP contribution < -0.4 is 21.7 Å². The second kappa shape index (κ2) is 10.5. The summed E-state index contributed by atoms with van der Waals surface area (Å²) in [6.45, 7) is 2.65. The average Bonchev–Trinajstić information content (AvgIpc) is 2.50. The van der Waals surface area contributed by atoms with Crippen LogP contribution in [0.2, 0.25) is 0 Å². The van der Waals surface area contributed by atoms with Gasteiger partial charge in [0.25, 0.3) is 0 Å². The molecule has 0 aliphatic carbocycles. The van der Waals surface area contributed by atoms with Crippen molar-refractivity contribution in [2.75, 3.05) is 5.75 Å². The van der Waals surface area contributed by atoms with Gasteiger partial charge in [0.1, 0.15) is 18.1 Å². The predicted octanol–water partition coefficient (Wildman–Crippen LogP) is -2.70. The highest BCUT2D eigenvalue weighted by Crippen LogP contribution is 1.94. The summed E-state index contributed by atoms with van der Waals surface area (Å²) in [5.74, 6) is -4.96. The molecule has 4 unspecified atom stereocenters. The van der Waals surface area contributed by atoms with E-state index in [-0.39, 0.29) is 5.75 Å². The van der Waals surface area contributed by atoms with Gasteiger partial charge in [-0.25, -0.2) is 4.79 Å². The monoisotopic (exact) mass is 378 g/mol. The normalized spacial score (nSPS) is 15.2. The molecule has 142 valence electrons. The fourth-order valence-electron chi connectivity index (χ4n) is 1.55. The quantitative estimate of drug-likeness (QED) is 0.200. The lowest BCUT2D eigenvalue weighted by Crippen LogP contribution is -2.55. The van der Waals surface area contributed by atoms with E-state index in [0.717, 1.165) is 0 Å². The number of hydrogen-bond donors (Lipinski definition) is 7. The fourth-order valence-corrected chi connectivity index (χ4v) is 1.80. The smallest absolute Gasteiger partial charge is 0.327 e. The van der Waals surface area contributed by atoms with Crippen molar-refractivity contribution >= 4 is 42.3 Å². The number of aliphatic carboxylic acids is 2. The first-order valence-electron chi connectivity index (χ1n) is 7.21. The van der Waals surface area contributed by atoms with E-state index in [9.17, 15) is 24.0 Å². The van der Waals surface area contributed by atoms with Crippen molar-refractivity contribution in [1.29, 1.82) is 0 Å². The molecule has 0 saturated heterocycles. The highest BCUT2D eigenvalue weighted by molar-refractivity contribution is 7.80. The molecule has 25 heavy (non-hydrogen) atoms. The second-order valence-corrected chi connectivity index (χ2v) is 5.61. The standard InChI is InChI=1S/C13H22N4O7S/c1-5(16-12(22)7(14)3-9(18)19)10(20)15-6(2)11(21)17-8(4-25)13(23)24/h5-8,25H,3-4,14H2,1-2H3,(H,15,20)(H,16,22)(H,17,21)(H,18,19)(H,23,24). The molecule has 0 fully saturated rings. The van der Waals surface area contributed by atoms with Gasteiger partial charge in [-0.3, -0.25) is 19.2 Å². The Labute approximate surface area is 149 Å². The molecule has 12 heteroatoms. The zero-order valence-corrected chi connectivity index (χ0v) is 14.6. The topological polar surface area (TPSA) is 188 Å². The Bertz CT molecular complexity index is 542. The van der Waals surface area contributed by atoms with E-state index < -0.39 is 60.2 Å². The highest BCUT2D eigenvalue weighted by atomic mass is 32.1. The van der Waals surface area contributed by atoms with Crippen LogP contribution in [-0.4, -0.2) is 69.8 Å². The van der Waals surface area contributed by atoms with Crippen LogP contribution in [0.5, 0.6) is 0 Å². The van der Waals surface area contributed by atoms with Crippen molar-refractivity contribution in [3.8, 4) is 0 Å². The Kier molecular flexibility index (Phi) is 9.53. The van der Waals surface area contributed by atoms with Gasteiger partial charge < -0.3 is 31.9 Å². The summed E-state index contributed by atoms with van der Waals surface area (Å²) in [5.41, 5.74) is 5.36. The number of rotatable bonds is 10. The van der Waals surface area contributed by atoms with Crippen LogP contribution in [0.4, 0.5) is 0 Å². The molecule has 4 atom stereocenters. The van der Waals surface area contributed by atoms with E-state index in [0.29, 0.717) is 0 Å². The third-order valence-corrected chi connectivity index (χ3v) is 3.40. The van der Waals surface area contributed by atoms with Crippen LogP contribution in [0.3, 0.4) is 0 Å². The van der Waals surface area contributed by atoms with Gasteiger partial charge in [0, 0.05) is 5.75 Å². The van der Waals surface area contributed by atoms with Crippen molar-refractivity contribution in [3.63, 3.8) is 0 Å². The Hall–Kier alpha value is -2.34. The van der Waals surface area contributed by atoms with Crippen LogP contribution in [0, 0.1) is 0 Å². The van der Waals surface area contributed by atoms with E-state index in [1.54, 1.807) is 0 Å². The number of carboxylic acid groups (broad SMARTS) is 2. The van der Waals surface area contributed by atoms with Crippen molar-refractivity contribution in [2.24, 2.45) is 5.73 Å². The zero-order valence-electron chi connectivity index (χ0n) is 13.7. The third kappa shape index (κ3) is 8.35. The minimum atomic E-state index is -1.32. The van der Waals surface area contributed by atoms with Crippen molar-refractivity contribution < 1.29 is 34.2 Å². The van der Waals surface area contributed by atoms with E-state index in [1.807, 2.05) is 0 Å². The lowest BCUT2D eigenvalue weighted by molar-refractivity contribution is -0.141. The summed E-state index contributed by atoms with van der Waals surface area (Å²) in [6, 6.07) is -4.68. The largest absolute Gasteiger partial charge is 0.481 e. The Balaban J connectivity index is 4.55. The maximum Gasteiger partial charge on any atom is 0.327 e. The lowest BCUT2D eigenvalue weighted by atomic mass is 10.2. The van der Waals surface area contributed by atoms with E-state index >= 15 is 0 Å². The molecule has 0 aliphatic rings. The maximum atomic E-state index is 11.9. The number of carboxylic acids is 2. The van der Waals surface area contributed by atoms with Gasteiger partial charge in [0.15, 0.2) is 0 Å². The minimum absolute atomic E-state index is 0.129. The molecule has 0 aromatic rings. The van der Waals surface area contributed by atoms with Gasteiger partial charge in [0.2, 0.25) is 17.7 Å². The van der Waals surface area contributed by atoms with Crippen LogP contribution in [0.25, 0.3) is 0 Å². The van der Waals surface area contributed by atoms with Gasteiger partial charge >= 0.3 is 11.9 Å². The molecule has 3 amide bonds. The summed E-state index contributed by atoms with van der Waals surface area (Å²) in [6.07, 6.45) is -0.598. The molecule has 0 aromatic carbocycles. The summed E-state index contributed by atoms with van der Waals surface area (Å²) >= 11 is 3.80. The van der Waals surface area contributed by atoms with Crippen LogP contribution >= 0.6 is 12.6 Å². The molecule has 0 radical (unpaired) electrons. The summed E-state index contributed by atoms with van der Waals surface area (Å²) in [5, 5.41) is 24.1. The van der Waals surface area contributed by atoms with Gasteiger partial charge in [0.05, 0.1) is 12.5 Å². The molecular weight excluding hydrogens is 356 g/mol. The Morgan fingerprint density at radius 3 is 1.76 bits per heavy atom. The molecule has 11 nitrogen and oxygen atoms in total. The highest BCUT2D eigenvalue weighted by Gasteiger charge is 2.26. The first kappa shape index (κ1) is 22.7. The van der Waals surface area contributed by atoms with Crippen LogP contribution in [0.15, 0.2) is 0 Å². The Morgan fingerprint density at radius 1 is 0.920 bits per heavy atom. The van der Waals surface area contributed by atoms with Crippen LogP contribution in [-0.2, 0) is 24.0 Å². The van der Waals surface area contributed by atoms with Gasteiger partial charge in [-0.15, -0.1) is 0 Å². The summed E-state index contributed by atoms with van der Waals surface area (Å²) in [4.78, 5) is 56.7. The van der Waals surface area contributed by atoms with Crippen molar-refractivity contribution in [2.45, 2.75) is 44.4 Å². The second-order valence-electron chi connectivity index (χ2n) is 5.25. The van der Waals surface area contributed by atoms with Crippen molar-refractivity contribution in [3.05, 3.63) is 0 Å². The molecule has 0 bridgehead atoms. The summed E-state index contributed by atoms with van der Waals surface area (Å²) in [7, 11) is 0. The van der Waals surface area contributed by atoms with E-state index in [1.165, 1.54) is 13.8 Å². The number of thiol groups is 1. The maximum absolute atomic E-state index is 11.9. The zero-order chi connectivity index (χ0) is 19.7. The molecule has 0 aliphatic heterocycles. The molecule has 0 heterocycles. The number of carbonyl (C=O) groups excluding carboxylic acids is 3. The fraction of sp³-hybridized carbons (Fsp3) is 0.615. The molecule has 0 rings (SSSR count). The molecule has 0 saturated carbocycles. The number of nitrogens with two attached hydrogens (primary N) is 1. The first-order chi connectivity index (χ1) is 11.5. The van der Waals surface area contributed by atoms with Gasteiger partial charge in [-0.1, -0.05) is 0 Å². The van der Waals surface area contributed by atoms with Gasteiger partial charge in [-0.2, -0.15) is 12.6 Å². The minimum Gasteiger partial charge on any atom is -0.481 e. The van der Waals surface area contributed by atoms with Gasteiger partial charge in [-0.05, 0) is 13.8 Å². The van der Waals surface area contributed by atoms with Crippen LogP contribution in [0.1, 0.15) is 20.3 Å². The molecule has 0 spiro atoms. The SMILES string of the molecule is CC(NC(=O)C(N)CC(=O)O)C(=O)NC(C)C(=O)NC(CS)C(=O)O. The lowest BCUT2D eigenvalue weighted by Gasteiger charge is -2.20. The molecule has 7 N–H and O–H groups in total. The number of carbonyl (C=O) groups is 5. The average molecular weight is 378 g/mol. The number of amides is 3. The first-order valence-corrected chi connectivity index (χ1v) is 7.85. The van der Waals surface area contributed by atoms with Crippen molar-refractivity contribution in [1.82, 2.24) is 16.0 Å². The van der Waals surface area contributed by atoms with E-state index in [4.69, 9.17) is 15.9 Å². The Morgan fingerprint density at radius 2 is 1.36 bits per heavy atom. The molecular formula is C13H22N4O7S. The van der Waals surface area contributed by atoms with E-state index in [2.05, 4.69) is 28.6 Å². The molecule has 0 aromatic heterocycles. The number of nitrogens with one attached hydrogen (secondary N) is 3.